The predicted octanol–water partition coefficient (Wildman–Crippen LogP) is 18.9. The second kappa shape index (κ2) is 27.9. The minimum absolute atomic E-state index is 1.22. The summed E-state index contributed by atoms with van der Waals surface area (Å²) in [6.07, 6.45) is 15.0. The first-order chi connectivity index (χ1) is 50.1. The molecule has 0 aliphatic rings. The Morgan fingerprint density at radius 2 is 0.670 bits per heavy atom. The molecule has 0 unspecified atom stereocenters. The maximum atomic E-state index is 2.36. The molecule has 0 N–H and O–H groups in total. The van der Waals surface area contributed by atoms with Crippen LogP contribution in [0.5, 0.6) is 0 Å². The van der Waals surface area contributed by atoms with Crippen molar-refractivity contribution < 1.29 is 22.8 Å². The third-order valence-electron chi connectivity index (χ3n) is 20.4. The summed E-state index contributed by atoms with van der Waals surface area (Å²) in [5, 5.41) is 5.14. The second-order valence-electron chi connectivity index (χ2n) is 27.5. The fourth-order valence-corrected chi connectivity index (χ4v) is 15.1. The average Bonchev–Trinajstić information content (AvgIpc) is 1.70. The molecule has 15 heterocycles. The van der Waals surface area contributed by atoms with Gasteiger partial charge in [-0.25, -0.2) is 13.7 Å². The Hall–Kier alpha value is -12.5. The van der Waals surface area contributed by atoms with Crippen LogP contribution < -0.4 is 22.8 Å². The maximum absolute atomic E-state index is 2.36. The Labute approximate surface area is 602 Å². The Morgan fingerprint density at radius 1 is 0.243 bits per heavy atom. The molecule has 0 spiro atoms. The van der Waals surface area contributed by atoms with Gasteiger partial charge in [0.05, 0.1) is 38.8 Å². The molecule has 0 radical (unpaired) electrons. The highest BCUT2D eigenvalue weighted by molar-refractivity contribution is 5.92. The number of nitrogens with zero attached hydrogens (tertiary/aromatic N) is 10. The normalized spacial score (nSPS) is 11.3. The molecule has 4 aromatic carbocycles. The topological polar surface area (TPSA) is 41.4 Å². The predicted molar refractivity (Wildman–Crippen MR) is 423 cm³/mol. The van der Waals surface area contributed by atoms with Crippen molar-refractivity contribution >= 4 is 71.2 Å². The third-order valence-corrected chi connectivity index (χ3v) is 20.4. The van der Waals surface area contributed by atoms with Crippen LogP contribution in [0.2, 0.25) is 0 Å². The Balaban J connectivity index is 0.000000104. The molecular weight excluding hydrogens is 1260 g/mol. The van der Waals surface area contributed by atoms with E-state index in [0.29, 0.717) is 0 Å². The summed E-state index contributed by atoms with van der Waals surface area (Å²) in [6, 6.07) is 94.9. The monoisotopic (exact) mass is 1340 g/mol. The van der Waals surface area contributed by atoms with Gasteiger partial charge in [0.2, 0.25) is 28.5 Å². The fraction of sp³-hybridized carbons (Fsp3) is 0.129. The van der Waals surface area contributed by atoms with E-state index in [1.807, 2.05) is 0 Å². The quantitative estimate of drug-likeness (QED) is 0.154. The summed E-state index contributed by atoms with van der Waals surface area (Å²) in [6.45, 7) is 15.2. The lowest BCUT2D eigenvalue weighted by Crippen LogP contribution is -2.31. The van der Waals surface area contributed by atoms with Crippen molar-refractivity contribution in [2.75, 3.05) is 0 Å². The van der Waals surface area contributed by atoms with Gasteiger partial charge in [-0.05, 0) is 198 Å². The summed E-state index contributed by atoms with van der Waals surface area (Å²) in [7, 11) is 10.5. The summed E-state index contributed by atoms with van der Waals surface area (Å²) < 4.78 is 22.5. The zero-order valence-electron chi connectivity index (χ0n) is 60.9. The Bertz CT molecular complexity index is 6380. The lowest BCUT2D eigenvalue weighted by Gasteiger charge is -2.09. The lowest BCUT2D eigenvalue weighted by atomic mass is 10.1. The minimum atomic E-state index is 1.22. The lowest BCUT2D eigenvalue weighted by molar-refractivity contribution is -0.660. The molecule has 10 heteroatoms. The molecule has 0 bridgehead atoms. The smallest absolute Gasteiger partial charge is 0.229 e. The van der Waals surface area contributed by atoms with Crippen molar-refractivity contribution in [3.63, 3.8) is 0 Å². The zero-order chi connectivity index (χ0) is 71.2. The number of benzene rings is 4. The number of fused-ring (bicyclic) bond motifs is 13. The number of aromatic nitrogens is 10. The highest BCUT2D eigenvalue weighted by Crippen LogP contribution is 2.33. The fourth-order valence-electron chi connectivity index (χ4n) is 15.1. The minimum Gasteiger partial charge on any atom is -0.316 e. The van der Waals surface area contributed by atoms with Gasteiger partial charge in [-0.1, -0.05) is 84.9 Å². The van der Waals surface area contributed by atoms with E-state index in [0.717, 1.165) is 0 Å². The molecule has 103 heavy (non-hydrogen) atoms. The third kappa shape index (κ3) is 12.7. The van der Waals surface area contributed by atoms with Crippen molar-refractivity contribution in [3.05, 3.63) is 350 Å². The van der Waals surface area contributed by atoms with E-state index >= 15 is 0 Å². The first kappa shape index (κ1) is 66.4. The van der Waals surface area contributed by atoms with Crippen molar-refractivity contribution in [2.24, 2.45) is 35.2 Å². The summed E-state index contributed by atoms with van der Waals surface area (Å²) in [5.41, 5.74) is 32.8. The van der Waals surface area contributed by atoms with Crippen molar-refractivity contribution in [1.82, 2.24) is 22.0 Å². The standard InChI is InChI=1S/4C19H17N2.C17H19N2/c1-14-17(19-9-5-6-12-20(19)2)11-10-16-13-15-7-3-4-8-18(15)21(14)16;1-14-10-11-16-13-15-7-3-4-8-17(15)21(16)19(14)18-9-5-6-12-20(18)2;1-14-13-21-16(11-15-7-3-4-8-18(15)21)12-17(14)19-9-5-6-10-20(19)2;1-14-11-16-12-15-7-3-4-8-18(15)21(16)13-17(14)19-9-5-6-10-20(19)2;1-12-8-9-18(4)16(10-12)17-13(2)11-15-7-5-6-14(3)19(15)17/h4*3-13H,1-2H3;5-11H,1-4H3/q5*+1. The van der Waals surface area contributed by atoms with Gasteiger partial charge < -0.3 is 22.0 Å². The van der Waals surface area contributed by atoms with Gasteiger partial charge in [0.1, 0.15) is 46.6 Å². The summed E-state index contributed by atoms with van der Waals surface area (Å²) in [4.78, 5) is 0. The highest BCUT2D eigenvalue weighted by atomic mass is 15.0. The Morgan fingerprint density at radius 3 is 1.25 bits per heavy atom. The van der Waals surface area contributed by atoms with Gasteiger partial charge in [-0.3, -0.25) is 0 Å². The van der Waals surface area contributed by atoms with E-state index in [4.69, 9.17) is 0 Å². The number of aryl methyl sites for hydroxylation is 12. The molecule has 15 aromatic heterocycles. The first-order valence-electron chi connectivity index (χ1n) is 35.4. The Kier molecular flexibility index (Phi) is 18.0. The van der Waals surface area contributed by atoms with E-state index < -0.39 is 0 Å². The molecule has 10 nitrogen and oxygen atoms in total. The van der Waals surface area contributed by atoms with Gasteiger partial charge in [0.25, 0.3) is 0 Å². The SMILES string of the molecule is Cc1c(-c2cccc[n+]2C)ccc2cc3ccccc3n12.Cc1cc2cc3ccccc3n2cc1-c1cccc[n+]1C.Cc1cc[n+](C)c(-c2c(C)cc3cccc(C)n23)c1.Cc1ccc2cc3ccccc3n2c1-c1cccc[n+]1C.Cc1cn2c(cc1-c1cccc[n+]1C)cc1ccccc12. The van der Waals surface area contributed by atoms with Crippen LogP contribution >= 0.6 is 0 Å². The van der Waals surface area contributed by atoms with E-state index in [9.17, 15) is 0 Å². The molecule has 0 atom stereocenters. The first-order valence-corrected chi connectivity index (χ1v) is 35.4. The summed E-state index contributed by atoms with van der Waals surface area (Å²) in [5.74, 6) is 0. The second-order valence-corrected chi connectivity index (χ2v) is 27.5. The molecular formula is C93H87N10+5. The molecule has 0 saturated heterocycles. The van der Waals surface area contributed by atoms with Gasteiger partial charge >= 0.3 is 0 Å². The van der Waals surface area contributed by atoms with Crippen molar-refractivity contribution in [2.45, 2.75) is 48.5 Å². The average molecular weight is 1340 g/mol. The van der Waals surface area contributed by atoms with Gasteiger partial charge in [0, 0.05) is 134 Å². The number of hydrogen-bond acceptors (Lipinski definition) is 0. The van der Waals surface area contributed by atoms with E-state index in [1.54, 1.807) is 0 Å². The molecule has 0 saturated carbocycles. The number of pyridine rings is 10. The molecule has 0 fully saturated rings. The number of hydrogen-bond donors (Lipinski definition) is 0. The van der Waals surface area contributed by atoms with Gasteiger partial charge in [0.15, 0.2) is 31.0 Å². The van der Waals surface area contributed by atoms with E-state index in [-0.39, 0.29) is 0 Å². The van der Waals surface area contributed by atoms with Crippen LogP contribution in [0.15, 0.2) is 310 Å². The maximum Gasteiger partial charge on any atom is 0.229 e. The van der Waals surface area contributed by atoms with Gasteiger partial charge in [-0.15, -0.1) is 0 Å². The number of para-hydroxylation sites is 4. The number of rotatable bonds is 5. The van der Waals surface area contributed by atoms with Crippen LogP contribution in [0.4, 0.5) is 0 Å². The highest BCUT2D eigenvalue weighted by Gasteiger charge is 2.22. The molecule has 19 aromatic rings. The zero-order valence-corrected chi connectivity index (χ0v) is 60.9. The largest absolute Gasteiger partial charge is 0.316 e. The summed E-state index contributed by atoms with van der Waals surface area (Å²) >= 11 is 0. The van der Waals surface area contributed by atoms with Crippen LogP contribution in [-0.4, -0.2) is 22.0 Å². The van der Waals surface area contributed by atoms with E-state index in [1.165, 1.54) is 167 Å². The van der Waals surface area contributed by atoms with Crippen LogP contribution in [0.1, 0.15) is 39.2 Å². The van der Waals surface area contributed by atoms with Crippen LogP contribution in [0.25, 0.3) is 128 Å². The van der Waals surface area contributed by atoms with E-state index in [2.05, 4.69) is 439 Å². The molecule has 0 amide bonds. The molecule has 0 aliphatic carbocycles. The molecule has 504 valence electrons. The van der Waals surface area contributed by atoms with Crippen LogP contribution in [0, 0.1) is 48.5 Å². The van der Waals surface area contributed by atoms with Crippen molar-refractivity contribution in [1.29, 1.82) is 0 Å². The van der Waals surface area contributed by atoms with Crippen LogP contribution in [0.3, 0.4) is 0 Å². The van der Waals surface area contributed by atoms with Gasteiger partial charge in [-0.2, -0.15) is 9.13 Å². The van der Waals surface area contributed by atoms with Crippen LogP contribution in [-0.2, 0) is 35.2 Å². The van der Waals surface area contributed by atoms with Crippen molar-refractivity contribution in [3.8, 4) is 56.5 Å². The molecule has 0 aliphatic heterocycles. The molecule has 19 rings (SSSR count).